The molecule has 0 aromatic heterocycles. The summed E-state index contributed by atoms with van der Waals surface area (Å²) in [6.07, 6.45) is 6.67. The first kappa shape index (κ1) is 9.50. The monoisotopic (exact) mass is 208 g/mol. The quantitative estimate of drug-likeness (QED) is 0.624. The predicted molar refractivity (Wildman–Crippen MR) is 54.4 cm³/mol. The van der Waals surface area contributed by atoms with Gasteiger partial charge in [-0.25, -0.2) is 0 Å². The number of thioether (sulfide) groups is 1. The second-order valence-corrected chi connectivity index (χ2v) is 5.15. The van der Waals surface area contributed by atoms with E-state index < -0.39 is 0 Å². The summed E-state index contributed by atoms with van der Waals surface area (Å²) in [4.78, 5) is 0. The van der Waals surface area contributed by atoms with E-state index in [1.807, 2.05) is 18.2 Å². The van der Waals surface area contributed by atoms with Gasteiger partial charge in [-0.3, -0.25) is 0 Å². The topological polar surface area (TPSA) is 0 Å². The van der Waals surface area contributed by atoms with Crippen molar-refractivity contribution in [2.75, 3.05) is 5.75 Å². The molecule has 0 amide bonds. The summed E-state index contributed by atoms with van der Waals surface area (Å²) in [5.74, 6) is 0.988. The maximum absolute atomic E-state index is 6.24. The van der Waals surface area contributed by atoms with Crippen molar-refractivity contribution in [3.05, 3.63) is 23.3 Å². The van der Waals surface area contributed by atoms with E-state index in [0.717, 1.165) is 17.2 Å². The molecule has 0 aromatic rings. The van der Waals surface area contributed by atoms with E-state index in [4.69, 9.17) is 23.2 Å². The van der Waals surface area contributed by atoms with Crippen LogP contribution in [-0.4, -0.2) is 9.96 Å². The fourth-order valence-corrected chi connectivity index (χ4v) is 2.62. The highest BCUT2D eigenvalue weighted by molar-refractivity contribution is 8.02. The Bertz CT molecular complexity index is 198. The molecule has 3 heteroatoms. The molecule has 1 rings (SSSR count). The van der Waals surface area contributed by atoms with Crippen molar-refractivity contribution in [1.82, 2.24) is 0 Å². The van der Waals surface area contributed by atoms with E-state index >= 15 is 0 Å². The zero-order valence-corrected chi connectivity index (χ0v) is 8.64. The van der Waals surface area contributed by atoms with Crippen LogP contribution in [0.15, 0.2) is 23.3 Å². The maximum atomic E-state index is 6.24. The van der Waals surface area contributed by atoms with Gasteiger partial charge in [0, 0.05) is 5.03 Å². The van der Waals surface area contributed by atoms with E-state index in [1.165, 1.54) is 0 Å². The van der Waals surface area contributed by atoms with E-state index in [-0.39, 0.29) is 4.21 Å². The molecular weight excluding hydrogens is 199 g/mol. The molecule has 0 aliphatic heterocycles. The number of hydrogen-bond acceptors (Lipinski definition) is 1. The molecule has 0 saturated heterocycles. The minimum atomic E-state index is -0.384. The summed E-state index contributed by atoms with van der Waals surface area (Å²) in [6.45, 7) is 2.08. The molecule has 1 aliphatic rings. The summed E-state index contributed by atoms with van der Waals surface area (Å²) < 4.78 is -0.384. The Morgan fingerprint density at radius 3 is 3.00 bits per heavy atom. The first-order chi connectivity index (χ1) is 5.19. The molecule has 0 radical (unpaired) electrons. The zero-order chi connectivity index (χ0) is 8.32. The third-order valence-electron chi connectivity index (χ3n) is 1.49. The van der Waals surface area contributed by atoms with Crippen LogP contribution in [0.2, 0.25) is 0 Å². The van der Waals surface area contributed by atoms with Gasteiger partial charge < -0.3 is 0 Å². The van der Waals surface area contributed by atoms with Crippen LogP contribution >= 0.6 is 35.0 Å². The predicted octanol–water partition coefficient (Wildman–Crippen LogP) is 3.76. The molecule has 62 valence electrons. The van der Waals surface area contributed by atoms with Crippen molar-refractivity contribution in [1.29, 1.82) is 0 Å². The number of hydrogen-bond donors (Lipinski definition) is 0. The van der Waals surface area contributed by atoms with Gasteiger partial charge in [0.15, 0.2) is 0 Å². The number of rotatable bonds is 2. The largest absolute Gasteiger partial charge is 0.133 e. The van der Waals surface area contributed by atoms with E-state index in [1.54, 1.807) is 11.8 Å². The molecule has 1 aliphatic carbocycles. The highest BCUT2D eigenvalue weighted by atomic mass is 35.5. The van der Waals surface area contributed by atoms with Crippen molar-refractivity contribution in [3.8, 4) is 0 Å². The average Bonchev–Trinajstić information content (AvgIpc) is 1.96. The van der Waals surface area contributed by atoms with Gasteiger partial charge in [0.1, 0.15) is 4.21 Å². The van der Waals surface area contributed by atoms with Crippen LogP contribution in [0.3, 0.4) is 0 Å². The Morgan fingerprint density at radius 1 is 1.73 bits per heavy atom. The van der Waals surface area contributed by atoms with Crippen LogP contribution in [0.1, 0.15) is 13.3 Å². The SMILES string of the molecule is CCSC1(Cl)CC=CC=C1Cl. The van der Waals surface area contributed by atoms with Crippen LogP contribution in [-0.2, 0) is 0 Å². The van der Waals surface area contributed by atoms with Gasteiger partial charge in [-0.15, -0.1) is 23.4 Å². The fraction of sp³-hybridized carbons (Fsp3) is 0.500. The van der Waals surface area contributed by atoms with Crippen LogP contribution < -0.4 is 0 Å². The van der Waals surface area contributed by atoms with E-state index in [9.17, 15) is 0 Å². The van der Waals surface area contributed by atoms with Crippen molar-refractivity contribution >= 4 is 35.0 Å². The van der Waals surface area contributed by atoms with Crippen molar-refractivity contribution in [2.24, 2.45) is 0 Å². The molecule has 1 unspecified atom stereocenters. The number of halogens is 2. The molecular formula is C8H10Cl2S. The second-order valence-electron chi connectivity index (χ2n) is 2.31. The van der Waals surface area contributed by atoms with Gasteiger partial charge in [0.2, 0.25) is 0 Å². The minimum Gasteiger partial charge on any atom is -0.133 e. The molecule has 0 nitrogen and oxygen atoms in total. The summed E-state index contributed by atoms with van der Waals surface area (Å²) >= 11 is 13.9. The lowest BCUT2D eigenvalue weighted by molar-refractivity contribution is 0.956. The minimum absolute atomic E-state index is 0.384. The van der Waals surface area contributed by atoms with Crippen LogP contribution in [0.25, 0.3) is 0 Å². The molecule has 11 heavy (non-hydrogen) atoms. The zero-order valence-electron chi connectivity index (χ0n) is 6.31. The van der Waals surface area contributed by atoms with E-state index in [2.05, 4.69) is 6.92 Å². The van der Waals surface area contributed by atoms with Gasteiger partial charge in [0.25, 0.3) is 0 Å². The van der Waals surface area contributed by atoms with Crippen molar-refractivity contribution < 1.29 is 0 Å². The average molecular weight is 209 g/mol. The Morgan fingerprint density at radius 2 is 2.45 bits per heavy atom. The molecule has 0 bridgehead atoms. The Kier molecular flexibility index (Phi) is 3.35. The molecule has 0 N–H and O–H groups in total. The first-order valence-electron chi connectivity index (χ1n) is 3.55. The molecule has 1 atom stereocenters. The maximum Gasteiger partial charge on any atom is 0.128 e. The smallest absolute Gasteiger partial charge is 0.128 e. The summed E-state index contributed by atoms with van der Waals surface area (Å²) in [6, 6.07) is 0. The lowest BCUT2D eigenvalue weighted by Gasteiger charge is -2.25. The highest BCUT2D eigenvalue weighted by Crippen LogP contribution is 2.44. The van der Waals surface area contributed by atoms with E-state index in [0.29, 0.717) is 0 Å². The fourth-order valence-electron chi connectivity index (χ4n) is 0.951. The molecule has 0 spiro atoms. The first-order valence-corrected chi connectivity index (χ1v) is 5.29. The van der Waals surface area contributed by atoms with Crippen LogP contribution in [0.4, 0.5) is 0 Å². The molecule has 0 fully saturated rings. The summed E-state index contributed by atoms with van der Waals surface area (Å²) in [5, 5.41) is 0.744. The van der Waals surface area contributed by atoms with Gasteiger partial charge >= 0.3 is 0 Å². The molecule has 0 aromatic carbocycles. The van der Waals surface area contributed by atoms with Gasteiger partial charge in [-0.2, -0.15) is 0 Å². The third kappa shape index (κ3) is 2.17. The molecule has 0 saturated carbocycles. The van der Waals surface area contributed by atoms with Crippen molar-refractivity contribution in [3.63, 3.8) is 0 Å². The Hall–Kier alpha value is 0.410. The number of alkyl halides is 1. The highest BCUT2D eigenvalue weighted by Gasteiger charge is 2.30. The summed E-state index contributed by atoms with van der Waals surface area (Å²) in [5.41, 5.74) is 0. The summed E-state index contributed by atoms with van der Waals surface area (Å²) in [7, 11) is 0. The van der Waals surface area contributed by atoms with Gasteiger partial charge in [0.05, 0.1) is 0 Å². The second kappa shape index (κ2) is 3.88. The molecule has 0 heterocycles. The third-order valence-corrected chi connectivity index (χ3v) is 3.96. The number of allylic oxidation sites excluding steroid dienone is 3. The standard InChI is InChI=1S/C8H10Cl2S/c1-2-11-8(10)6-4-3-5-7(8)9/h3-5H,2,6H2,1H3. The van der Waals surface area contributed by atoms with Crippen molar-refractivity contribution in [2.45, 2.75) is 17.6 Å². The Labute approximate surface area is 81.6 Å². The van der Waals surface area contributed by atoms with Gasteiger partial charge in [-0.1, -0.05) is 30.7 Å². The lowest BCUT2D eigenvalue weighted by atomic mass is 10.2. The van der Waals surface area contributed by atoms with Gasteiger partial charge in [-0.05, 0) is 18.2 Å². The van der Waals surface area contributed by atoms with Crippen LogP contribution in [0, 0.1) is 0 Å². The normalized spacial score (nSPS) is 30.3. The van der Waals surface area contributed by atoms with Crippen LogP contribution in [0.5, 0.6) is 0 Å². The Balaban J connectivity index is 2.71. The lowest BCUT2D eigenvalue weighted by Crippen LogP contribution is -2.18.